The van der Waals surface area contributed by atoms with Crippen molar-refractivity contribution in [1.29, 1.82) is 0 Å². The zero-order valence-corrected chi connectivity index (χ0v) is 18.6. The third kappa shape index (κ3) is 6.24. The maximum Gasteiger partial charge on any atom is 0.635 e. The minimum absolute atomic E-state index is 0.0924. The standard InChI is InChI=1S/C21H21BCl2N2O6/c1-12(20(27)25-10-13-6-7-15(23)9-17(13)24)21(28)26-19(32-22(29)30)8-14-11-31-18-5-3-2-4-16(14)18/h2-7,9,11-12,19,29-30H,8,10H2,1H3,(H,25,27)(H,26,28)/t12?,19-/m1/s1. The van der Waals surface area contributed by atoms with Crippen LogP contribution in [0.3, 0.4) is 0 Å². The topological polar surface area (TPSA) is 121 Å². The van der Waals surface area contributed by atoms with E-state index in [1.165, 1.54) is 13.2 Å². The fourth-order valence-electron chi connectivity index (χ4n) is 3.07. The zero-order chi connectivity index (χ0) is 23.3. The Balaban J connectivity index is 1.62. The molecule has 2 atom stereocenters. The van der Waals surface area contributed by atoms with Gasteiger partial charge >= 0.3 is 7.32 Å². The van der Waals surface area contributed by atoms with Gasteiger partial charge in [0.15, 0.2) is 0 Å². The summed E-state index contributed by atoms with van der Waals surface area (Å²) in [6.07, 6.45) is 0.488. The number of carbonyl (C=O) groups excluding carboxylic acids is 2. The predicted molar refractivity (Wildman–Crippen MR) is 121 cm³/mol. The molecule has 0 spiro atoms. The lowest BCUT2D eigenvalue weighted by Crippen LogP contribution is -2.47. The molecule has 3 aromatic rings. The van der Waals surface area contributed by atoms with E-state index in [9.17, 15) is 19.6 Å². The summed E-state index contributed by atoms with van der Waals surface area (Å²) in [7, 11) is -2.12. The first-order chi connectivity index (χ1) is 15.2. The molecular weight excluding hydrogens is 458 g/mol. The van der Waals surface area contributed by atoms with E-state index in [0.29, 0.717) is 26.8 Å². The summed E-state index contributed by atoms with van der Waals surface area (Å²) in [6.45, 7) is 1.54. The maximum atomic E-state index is 12.6. The molecule has 3 rings (SSSR count). The second-order valence-electron chi connectivity index (χ2n) is 7.10. The molecule has 8 nitrogen and oxygen atoms in total. The van der Waals surface area contributed by atoms with Crippen molar-refractivity contribution >= 4 is 53.3 Å². The van der Waals surface area contributed by atoms with Crippen LogP contribution < -0.4 is 10.6 Å². The lowest BCUT2D eigenvalue weighted by Gasteiger charge is -2.21. The molecule has 32 heavy (non-hydrogen) atoms. The average Bonchev–Trinajstić information content (AvgIpc) is 3.14. The summed E-state index contributed by atoms with van der Waals surface area (Å²) >= 11 is 12.0. The lowest BCUT2D eigenvalue weighted by atomic mass is 10.1. The predicted octanol–water partition coefficient (Wildman–Crippen LogP) is 2.66. The Bertz CT molecular complexity index is 1110. The monoisotopic (exact) mass is 478 g/mol. The van der Waals surface area contributed by atoms with Crippen molar-refractivity contribution < 1.29 is 28.7 Å². The number of amides is 2. The highest BCUT2D eigenvalue weighted by atomic mass is 35.5. The molecule has 0 aliphatic heterocycles. The third-order valence-corrected chi connectivity index (χ3v) is 5.40. The van der Waals surface area contributed by atoms with Crippen LogP contribution in [0.25, 0.3) is 11.0 Å². The van der Waals surface area contributed by atoms with Crippen LogP contribution >= 0.6 is 23.2 Å². The Morgan fingerprint density at radius 3 is 2.59 bits per heavy atom. The number of benzene rings is 2. The molecule has 1 unspecified atom stereocenters. The van der Waals surface area contributed by atoms with Crippen LogP contribution in [0.5, 0.6) is 0 Å². The highest BCUT2D eigenvalue weighted by Crippen LogP contribution is 2.23. The van der Waals surface area contributed by atoms with Crippen LogP contribution in [0.15, 0.2) is 53.1 Å². The molecule has 1 heterocycles. The number of hydrogen-bond donors (Lipinski definition) is 4. The SMILES string of the molecule is CC(C(=O)NCc1ccc(Cl)cc1Cl)C(=O)N[C@@H](Cc1coc2ccccc12)OB(O)O. The van der Waals surface area contributed by atoms with Crippen molar-refractivity contribution in [3.05, 3.63) is 69.9 Å². The Morgan fingerprint density at radius 2 is 1.88 bits per heavy atom. The zero-order valence-electron chi connectivity index (χ0n) is 17.0. The minimum Gasteiger partial charge on any atom is -0.464 e. The quantitative estimate of drug-likeness (QED) is 0.213. The van der Waals surface area contributed by atoms with Crippen molar-refractivity contribution in [2.75, 3.05) is 0 Å². The molecule has 0 saturated carbocycles. The van der Waals surface area contributed by atoms with Crippen LogP contribution in [-0.4, -0.2) is 35.4 Å². The second-order valence-corrected chi connectivity index (χ2v) is 7.94. The Morgan fingerprint density at radius 1 is 1.12 bits per heavy atom. The molecule has 0 aliphatic carbocycles. The van der Waals surface area contributed by atoms with Gasteiger partial charge in [0.05, 0.1) is 6.26 Å². The second kappa shape index (κ2) is 10.8. The molecule has 0 radical (unpaired) electrons. The number of hydrogen-bond acceptors (Lipinski definition) is 6. The van der Waals surface area contributed by atoms with Crippen molar-refractivity contribution in [2.24, 2.45) is 5.92 Å². The average molecular weight is 479 g/mol. The van der Waals surface area contributed by atoms with Crippen molar-refractivity contribution in [2.45, 2.75) is 26.1 Å². The lowest BCUT2D eigenvalue weighted by molar-refractivity contribution is -0.136. The first kappa shape index (κ1) is 24.1. The first-order valence-electron chi connectivity index (χ1n) is 9.73. The van der Waals surface area contributed by atoms with Gasteiger partial charge in [-0.3, -0.25) is 9.59 Å². The van der Waals surface area contributed by atoms with Gasteiger partial charge in [-0.2, -0.15) is 0 Å². The molecule has 168 valence electrons. The molecule has 4 N–H and O–H groups in total. The Labute approximate surface area is 194 Å². The normalized spacial score (nSPS) is 12.9. The summed E-state index contributed by atoms with van der Waals surface area (Å²) in [6, 6.07) is 12.1. The van der Waals surface area contributed by atoms with E-state index < -0.39 is 31.3 Å². The molecular formula is C21H21BCl2N2O6. The van der Waals surface area contributed by atoms with Crippen LogP contribution in [-0.2, 0) is 27.2 Å². The van der Waals surface area contributed by atoms with Gasteiger partial charge in [0, 0.05) is 34.0 Å². The molecule has 0 saturated heterocycles. The number of fused-ring (bicyclic) bond motifs is 1. The van der Waals surface area contributed by atoms with Gasteiger partial charge in [0.1, 0.15) is 17.7 Å². The first-order valence-corrected chi connectivity index (χ1v) is 10.5. The summed E-state index contributed by atoms with van der Waals surface area (Å²) in [5.41, 5.74) is 1.99. The molecule has 2 amide bonds. The molecule has 0 aliphatic rings. The summed E-state index contributed by atoms with van der Waals surface area (Å²) < 4.78 is 10.5. The van der Waals surface area contributed by atoms with Crippen molar-refractivity contribution in [3.63, 3.8) is 0 Å². The number of para-hydroxylation sites is 1. The number of nitrogens with one attached hydrogen (secondary N) is 2. The van der Waals surface area contributed by atoms with Gasteiger partial charge in [0.2, 0.25) is 11.8 Å². The molecule has 2 aromatic carbocycles. The fraction of sp³-hybridized carbons (Fsp3) is 0.238. The van der Waals surface area contributed by atoms with Crippen LogP contribution in [0.1, 0.15) is 18.1 Å². The van der Waals surface area contributed by atoms with E-state index in [-0.39, 0.29) is 13.0 Å². The van der Waals surface area contributed by atoms with Crippen LogP contribution in [0, 0.1) is 5.92 Å². The minimum atomic E-state index is -2.12. The molecule has 0 bridgehead atoms. The number of carbonyl (C=O) groups is 2. The van der Waals surface area contributed by atoms with Crippen LogP contribution in [0.4, 0.5) is 0 Å². The Hall–Kier alpha value is -2.56. The Kier molecular flexibility index (Phi) is 8.17. The molecule has 11 heteroatoms. The highest BCUT2D eigenvalue weighted by molar-refractivity contribution is 6.35. The maximum absolute atomic E-state index is 12.6. The van der Waals surface area contributed by atoms with Gasteiger partial charge in [-0.1, -0.05) is 47.5 Å². The third-order valence-electron chi connectivity index (χ3n) is 4.81. The molecule has 0 fully saturated rings. The largest absolute Gasteiger partial charge is 0.635 e. The number of rotatable bonds is 9. The fourth-order valence-corrected chi connectivity index (χ4v) is 3.55. The van der Waals surface area contributed by atoms with E-state index in [0.717, 1.165) is 5.39 Å². The van der Waals surface area contributed by atoms with E-state index in [4.69, 9.17) is 32.3 Å². The van der Waals surface area contributed by atoms with Crippen molar-refractivity contribution in [1.82, 2.24) is 10.6 Å². The van der Waals surface area contributed by atoms with Gasteiger partial charge in [-0.25, -0.2) is 0 Å². The summed E-state index contributed by atoms with van der Waals surface area (Å²) in [5.74, 6) is -2.27. The van der Waals surface area contributed by atoms with E-state index in [1.807, 2.05) is 18.2 Å². The highest BCUT2D eigenvalue weighted by Gasteiger charge is 2.27. The number of halogens is 2. The van der Waals surface area contributed by atoms with E-state index in [2.05, 4.69) is 10.6 Å². The van der Waals surface area contributed by atoms with Crippen molar-refractivity contribution in [3.8, 4) is 0 Å². The van der Waals surface area contributed by atoms with Gasteiger partial charge in [0.25, 0.3) is 0 Å². The summed E-state index contributed by atoms with van der Waals surface area (Å²) in [4.78, 5) is 25.0. The smallest absolute Gasteiger partial charge is 0.464 e. The summed E-state index contributed by atoms with van der Waals surface area (Å²) in [5, 5.41) is 25.3. The number of furan rings is 1. The van der Waals surface area contributed by atoms with Gasteiger partial charge in [-0.05, 0) is 30.7 Å². The van der Waals surface area contributed by atoms with E-state index >= 15 is 0 Å². The molecule has 1 aromatic heterocycles. The van der Waals surface area contributed by atoms with Crippen LogP contribution in [0.2, 0.25) is 10.0 Å². The van der Waals surface area contributed by atoms with E-state index in [1.54, 1.807) is 24.3 Å². The van der Waals surface area contributed by atoms with Gasteiger partial charge in [-0.15, -0.1) is 0 Å². The van der Waals surface area contributed by atoms with Gasteiger partial charge < -0.3 is 29.8 Å².